The van der Waals surface area contributed by atoms with Crippen molar-refractivity contribution in [1.82, 2.24) is 10.2 Å². The molecule has 2 aromatic rings. The van der Waals surface area contributed by atoms with Crippen molar-refractivity contribution in [3.8, 4) is 0 Å². The molecule has 0 saturated carbocycles. The summed E-state index contributed by atoms with van der Waals surface area (Å²) in [4.78, 5) is 0. The molecular formula is C13H17N3S2. The molecule has 1 aromatic heterocycles. The Balaban J connectivity index is 2.11. The highest BCUT2D eigenvalue weighted by Gasteiger charge is 2.13. The summed E-state index contributed by atoms with van der Waals surface area (Å²) in [6.45, 7) is 6.38. The lowest BCUT2D eigenvalue weighted by Crippen LogP contribution is -2.16. The van der Waals surface area contributed by atoms with Crippen molar-refractivity contribution in [3.05, 3.63) is 39.9 Å². The van der Waals surface area contributed by atoms with Gasteiger partial charge >= 0.3 is 0 Å². The maximum Gasteiger partial charge on any atom is 0.174 e. The predicted molar refractivity (Wildman–Crippen MR) is 78.2 cm³/mol. The first-order valence-electron chi connectivity index (χ1n) is 5.80. The van der Waals surface area contributed by atoms with Crippen LogP contribution in [0, 0.1) is 20.8 Å². The summed E-state index contributed by atoms with van der Waals surface area (Å²) in [6.07, 6.45) is 0. The normalized spacial score (nSPS) is 12.7. The number of aryl methyl sites for hydroxylation is 3. The Morgan fingerprint density at radius 1 is 1.28 bits per heavy atom. The summed E-state index contributed by atoms with van der Waals surface area (Å²) in [5.41, 5.74) is 13.1. The summed E-state index contributed by atoms with van der Waals surface area (Å²) >= 11 is 3.23. The molecule has 96 valence electrons. The fourth-order valence-corrected chi connectivity index (χ4v) is 3.72. The van der Waals surface area contributed by atoms with E-state index in [1.165, 1.54) is 22.3 Å². The minimum atomic E-state index is 0.0412. The van der Waals surface area contributed by atoms with Crippen molar-refractivity contribution in [1.29, 1.82) is 0 Å². The number of nitrogens with two attached hydrogens (primary N) is 1. The third-order valence-electron chi connectivity index (χ3n) is 2.84. The van der Waals surface area contributed by atoms with Crippen LogP contribution in [0.2, 0.25) is 0 Å². The van der Waals surface area contributed by atoms with Gasteiger partial charge in [-0.1, -0.05) is 40.8 Å². The zero-order valence-corrected chi connectivity index (χ0v) is 12.4. The second-order valence-corrected chi connectivity index (χ2v) is 6.53. The summed E-state index contributed by atoms with van der Waals surface area (Å²) in [5, 5.41) is 7.84. The highest BCUT2D eigenvalue weighted by Crippen LogP contribution is 2.28. The highest BCUT2D eigenvalue weighted by molar-refractivity contribution is 8.01. The van der Waals surface area contributed by atoms with Gasteiger partial charge in [0.05, 0.1) is 0 Å². The third-order valence-corrected chi connectivity index (χ3v) is 4.81. The molecule has 0 aliphatic carbocycles. The van der Waals surface area contributed by atoms with Gasteiger partial charge in [-0.2, -0.15) is 0 Å². The third kappa shape index (κ3) is 3.10. The van der Waals surface area contributed by atoms with Gasteiger partial charge in [0.1, 0.15) is 5.51 Å². The van der Waals surface area contributed by atoms with Gasteiger partial charge in [-0.15, -0.1) is 10.2 Å². The van der Waals surface area contributed by atoms with E-state index in [0.29, 0.717) is 0 Å². The van der Waals surface area contributed by atoms with Crippen LogP contribution in [0.4, 0.5) is 0 Å². The second-order valence-electron chi connectivity index (χ2n) is 4.43. The maximum absolute atomic E-state index is 6.30. The van der Waals surface area contributed by atoms with E-state index in [-0.39, 0.29) is 6.04 Å². The largest absolute Gasteiger partial charge is 0.323 e. The average molecular weight is 279 g/mol. The van der Waals surface area contributed by atoms with E-state index in [0.717, 1.165) is 10.1 Å². The molecule has 0 bridgehead atoms. The van der Waals surface area contributed by atoms with Crippen molar-refractivity contribution in [3.63, 3.8) is 0 Å². The molecule has 0 radical (unpaired) electrons. The summed E-state index contributed by atoms with van der Waals surface area (Å²) in [7, 11) is 0. The van der Waals surface area contributed by atoms with E-state index in [2.05, 4.69) is 43.1 Å². The Morgan fingerprint density at radius 2 is 1.94 bits per heavy atom. The SMILES string of the molecule is Cc1cc(C)c(C(N)CSc2nncs2)c(C)c1. The zero-order chi connectivity index (χ0) is 13.1. The molecule has 0 amide bonds. The van der Waals surface area contributed by atoms with Crippen LogP contribution >= 0.6 is 23.1 Å². The van der Waals surface area contributed by atoms with Crippen molar-refractivity contribution < 1.29 is 0 Å². The van der Waals surface area contributed by atoms with Crippen molar-refractivity contribution in [2.75, 3.05) is 5.75 Å². The average Bonchev–Trinajstić information content (AvgIpc) is 2.77. The first kappa shape index (κ1) is 13.5. The molecule has 0 aliphatic heterocycles. The highest BCUT2D eigenvalue weighted by atomic mass is 32.2. The Labute approximate surface area is 116 Å². The summed E-state index contributed by atoms with van der Waals surface area (Å²) in [5.74, 6) is 0.833. The van der Waals surface area contributed by atoms with E-state index in [1.807, 2.05) is 0 Å². The number of aromatic nitrogens is 2. The first-order valence-corrected chi connectivity index (χ1v) is 7.66. The number of hydrogen-bond acceptors (Lipinski definition) is 5. The van der Waals surface area contributed by atoms with Crippen molar-refractivity contribution in [2.45, 2.75) is 31.2 Å². The molecule has 2 rings (SSSR count). The van der Waals surface area contributed by atoms with Gasteiger partial charge in [-0.3, -0.25) is 0 Å². The van der Waals surface area contributed by atoms with Gasteiger partial charge in [0.15, 0.2) is 4.34 Å². The van der Waals surface area contributed by atoms with Crippen molar-refractivity contribution >= 4 is 23.1 Å². The summed E-state index contributed by atoms with van der Waals surface area (Å²) in [6, 6.07) is 4.43. The molecule has 1 atom stereocenters. The van der Waals surface area contributed by atoms with Crippen LogP contribution in [-0.2, 0) is 0 Å². The number of hydrogen-bond donors (Lipinski definition) is 1. The lowest BCUT2D eigenvalue weighted by atomic mass is 9.95. The smallest absolute Gasteiger partial charge is 0.174 e. The Hall–Kier alpha value is -0.910. The van der Waals surface area contributed by atoms with E-state index in [4.69, 9.17) is 5.73 Å². The molecule has 5 heteroatoms. The molecule has 3 nitrogen and oxygen atoms in total. The Kier molecular flexibility index (Phi) is 4.37. The van der Waals surface area contributed by atoms with Gasteiger partial charge in [0.2, 0.25) is 0 Å². The van der Waals surface area contributed by atoms with Gasteiger partial charge < -0.3 is 5.73 Å². The lowest BCUT2D eigenvalue weighted by molar-refractivity contribution is 0.812. The molecule has 0 aliphatic rings. The number of rotatable bonds is 4. The monoisotopic (exact) mass is 279 g/mol. The number of thioether (sulfide) groups is 1. The van der Waals surface area contributed by atoms with Crippen LogP contribution in [0.15, 0.2) is 22.0 Å². The summed E-state index contributed by atoms with van der Waals surface area (Å²) < 4.78 is 0.980. The van der Waals surface area contributed by atoms with Crippen LogP contribution in [0.5, 0.6) is 0 Å². The van der Waals surface area contributed by atoms with Gasteiger partial charge in [0, 0.05) is 11.8 Å². The minimum absolute atomic E-state index is 0.0412. The van der Waals surface area contributed by atoms with E-state index in [1.54, 1.807) is 28.6 Å². The second kappa shape index (κ2) is 5.82. The zero-order valence-electron chi connectivity index (χ0n) is 10.8. The minimum Gasteiger partial charge on any atom is -0.323 e. The molecular weight excluding hydrogens is 262 g/mol. The van der Waals surface area contributed by atoms with Crippen LogP contribution in [0.3, 0.4) is 0 Å². The van der Waals surface area contributed by atoms with E-state index < -0.39 is 0 Å². The van der Waals surface area contributed by atoms with Crippen LogP contribution in [0.25, 0.3) is 0 Å². The standard InChI is InChI=1S/C13H17N3S2/c1-8-4-9(2)12(10(3)5-8)11(14)6-17-13-16-15-7-18-13/h4-5,7,11H,6,14H2,1-3H3. The van der Waals surface area contributed by atoms with Gasteiger partial charge in [-0.25, -0.2) is 0 Å². The van der Waals surface area contributed by atoms with Gasteiger partial charge in [0.25, 0.3) is 0 Å². The molecule has 1 heterocycles. The number of nitrogens with zero attached hydrogens (tertiary/aromatic N) is 2. The fraction of sp³-hybridized carbons (Fsp3) is 0.385. The molecule has 0 fully saturated rings. The molecule has 0 saturated heterocycles. The Bertz CT molecular complexity index is 500. The molecule has 0 spiro atoms. The number of benzene rings is 1. The van der Waals surface area contributed by atoms with Crippen LogP contribution in [-0.4, -0.2) is 16.0 Å². The predicted octanol–water partition coefficient (Wildman–Crippen LogP) is 3.26. The van der Waals surface area contributed by atoms with Crippen LogP contribution in [0.1, 0.15) is 28.3 Å². The Morgan fingerprint density at radius 3 is 2.50 bits per heavy atom. The fourth-order valence-electron chi connectivity index (χ4n) is 2.25. The molecule has 1 unspecified atom stereocenters. The topological polar surface area (TPSA) is 51.8 Å². The van der Waals surface area contributed by atoms with E-state index >= 15 is 0 Å². The molecule has 1 aromatic carbocycles. The first-order chi connectivity index (χ1) is 8.58. The quantitative estimate of drug-likeness (QED) is 0.873. The molecule has 2 N–H and O–H groups in total. The van der Waals surface area contributed by atoms with E-state index in [9.17, 15) is 0 Å². The van der Waals surface area contributed by atoms with Gasteiger partial charge in [-0.05, 0) is 37.5 Å². The lowest BCUT2D eigenvalue weighted by Gasteiger charge is -2.17. The molecule has 18 heavy (non-hydrogen) atoms. The van der Waals surface area contributed by atoms with Crippen molar-refractivity contribution in [2.24, 2.45) is 5.73 Å². The maximum atomic E-state index is 6.30. The van der Waals surface area contributed by atoms with Crippen LogP contribution < -0.4 is 5.73 Å².